The highest BCUT2D eigenvalue weighted by Gasteiger charge is 2.09. The molecular formula is C9H10N2O4. The number of hydrogen-bond donors (Lipinski definition) is 3. The van der Waals surface area contributed by atoms with E-state index in [9.17, 15) is 9.59 Å². The second-order valence-corrected chi connectivity index (χ2v) is 2.78. The number of rotatable bonds is 5. The smallest absolute Gasteiger partial charge is 0.339 e. The molecule has 1 rings (SSSR count). The monoisotopic (exact) mass is 210 g/mol. The Morgan fingerprint density at radius 3 is 2.73 bits per heavy atom. The number of carboxylic acid groups (broad SMARTS) is 2. The lowest BCUT2D eigenvalue weighted by Crippen LogP contribution is -2.12. The van der Waals surface area contributed by atoms with Gasteiger partial charge in [0.2, 0.25) is 0 Å². The van der Waals surface area contributed by atoms with Gasteiger partial charge in [-0.15, -0.1) is 0 Å². The second kappa shape index (κ2) is 4.94. The first-order valence-corrected chi connectivity index (χ1v) is 4.25. The largest absolute Gasteiger partial charge is 0.481 e. The van der Waals surface area contributed by atoms with Gasteiger partial charge >= 0.3 is 11.9 Å². The van der Waals surface area contributed by atoms with E-state index in [2.05, 4.69) is 10.3 Å². The van der Waals surface area contributed by atoms with Gasteiger partial charge in [0, 0.05) is 12.7 Å². The topological polar surface area (TPSA) is 99.5 Å². The number of pyridine rings is 1. The fraction of sp³-hybridized carbons (Fsp3) is 0.222. The third kappa shape index (κ3) is 3.26. The fourth-order valence-corrected chi connectivity index (χ4v) is 1.01. The SMILES string of the molecule is O=C(O)CCNc1ncccc1C(=O)O. The van der Waals surface area contributed by atoms with E-state index in [0.717, 1.165) is 0 Å². The molecule has 0 aliphatic heterocycles. The molecule has 0 bridgehead atoms. The van der Waals surface area contributed by atoms with Gasteiger partial charge in [0.25, 0.3) is 0 Å². The molecule has 0 atom stereocenters. The van der Waals surface area contributed by atoms with Crippen LogP contribution in [-0.2, 0) is 4.79 Å². The maximum absolute atomic E-state index is 10.7. The van der Waals surface area contributed by atoms with Gasteiger partial charge in [-0.2, -0.15) is 0 Å². The summed E-state index contributed by atoms with van der Waals surface area (Å²) in [5.74, 6) is -1.86. The average molecular weight is 210 g/mol. The zero-order valence-corrected chi connectivity index (χ0v) is 7.80. The molecule has 1 aromatic heterocycles. The van der Waals surface area contributed by atoms with Crippen LogP contribution in [0.2, 0.25) is 0 Å². The van der Waals surface area contributed by atoms with E-state index in [1.807, 2.05) is 0 Å². The molecule has 0 amide bonds. The van der Waals surface area contributed by atoms with Crippen LogP contribution in [0.25, 0.3) is 0 Å². The zero-order valence-electron chi connectivity index (χ0n) is 7.80. The zero-order chi connectivity index (χ0) is 11.3. The van der Waals surface area contributed by atoms with Gasteiger partial charge in [0.15, 0.2) is 0 Å². The van der Waals surface area contributed by atoms with Gasteiger partial charge in [-0.05, 0) is 12.1 Å². The number of carboxylic acids is 2. The van der Waals surface area contributed by atoms with Crippen LogP contribution < -0.4 is 5.32 Å². The summed E-state index contributed by atoms with van der Waals surface area (Å²) in [5, 5.41) is 19.8. The molecule has 15 heavy (non-hydrogen) atoms. The third-order valence-electron chi connectivity index (χ3n) is 1.67. The number of nitrogens with zero attached hydrogens (tertiary/aromatic N) is 1. The number of aliphatic carboxylic acids is 1. The number of hydrogen-bond acceptors (Lipinski definition) is 4. The summed E-state index contributed by atoms with van der Waals surface area (Å²) in [7, 11) is 0. The number of aromatic nitrogens is 1. The Kier molecular flexibility index (Phi) is 3.61. The van der Waals surface area contributed by atoms with E-state index in [-0.39, 0.29) is 24.3 Å². The van der Waals surface area contributed by atoms with Crippen molar-refractivity contribution < 1.29 is 19.8 Å². The van der Waals surface area contributed by atoms with E-state index in [4.69, 9.17) is 10.2 Å². The predicted molar refractivity (Wildman–Crippen MR) is 51.9 cm³/mol. The average Bonchev–Trinajstić information content (AvgIpc) is 2.17. The van der Waals surface area contributed by atoms with Crippen molar-refractivity contribution in [2.45, 2.75) is 6.42 Å². The van der Waals surface area contributed by atoms with Crippen LogP contribution in [0, 0.1) is 0 Å². The van der Waals surface area contributed by atoms with Crippen molar-refractivity contribution in [2.24, 2.45) is 0 Å². The van der Waals surface area contributed by atoms with Crippen LogP contribution >= 0.6 is 0 Å². The van der Waals surface area contributed by atoms with Crippen LogP contribution in [0.3, 0.4) is 0 Å². The molecule has 0 saturated carbocycles. The lowest BCUT2D eigenvalue weighted by atomic mass is 10.2. The van der Waals surface area contributed by atoms with Gasteiger partial charge < -0.3 is 15.5 Å². The van der Waals surface area contributed by atoms with Crippen LogP contribution in [0.15, 0.2) is 18.3 Å². The molecule has 0 fully saturated rings. The minimum Gasteiger partial charge on any atom is -0.481 e. The van der Waals surface area contributed by atoms with Gasteiger partial charge in [0.05, 0.1) is 6.42 Å². The van der Waals surface area contributed by atoms with Crippen LogP contribution in [-0.4, -0.2) is 33.7 Å². The number of carbonyl (C=O) groups is 2. The molecule has 0 aliphatic carbocycles. The third-order valence-corrected chi connectivity index (χ3v) is 1.67. The van der Waals surface area contributed by atoms with Gasteiger partial charge in [-0.25, -0.2) is 9.78 Å². The first-order chi connectivity index (χ1) is 7.11. The molecule has 0 aromatic carbocycles. The molecule has 6 heteroatoms. The van der Waals surface area contributed by atoms with Crippen molar-refractivity contribution >= 4 is 17.8 Å². The summed E-state index contributed by atoms with van der Waals surface area (Å²) < 4.78 is 0. The summed E-state index contributed by atoms with van der Waals surface area (Å²) in [6.07, 6.45) is 1.35. The maximum atomic E-state index is 10.7. The minimum atomic E-state index is -1.10. The lowest BCUT2D eigenvalue weighted by molar-refractivity contribution is -0.136. The van der Waals surface area contributed by atoms with Gasteiger partial charge in [0.1, 0.15) is 11.4 Å². The summed E-state index contributed by atoms with van der Waals surface area (Å²) in [6, 6.07) is 2.91. The van der Waals surface area contributed by atoms with E-state index < -0.39 is 11.9 Å². The Labute approximate surface area is 85.6 Å². The quantitative estimate of drug-likeness (QED) is 0.660. The molecule has 0 radical (unpaired) electrons. The molecule has 80 valence electrons. The Morgan fingerprint density at radius 1 is 1.40 bits per heavy atom. The molecular weight excluding hydrogens is 200 g/mol. The molecule has 1 aromatic rings. The van der Waals surface area contributed by atoms with Crippen molar-refractivity contribution in [1.82, 2.24) is 4.98 Å². The minimum absolute atomic E-state index is 0.0305. The Morgan fingerprint density at radius 2 is 2.13 bits per heavy atom. The fourth-order valence-electron chi connectivity index (χ4n) is 1.01. The Hall–Kier alpha value is -2.11. The summed E-state index contributed by atoms with van der Waals surface area (Å²) in [4.78, 5) is 24.8. The lowest BCUT2D eigenvalue weighted by Gasteiger charge is -2.06. The highest BCUT2D eigenvalue weighted by molar-refractivity contribution is 5.93. The summed E-state index contributed by atoms with van der Waals surface area (Å²) in [5.41, 5.74) is 0.0305. The highest BCUT2D eigenvalue weighted by atomic mass is 16.4. The van der Waals surface area contributed by atoms with Crippen molar-refractivity contribution in [1.29, 1.82) is 0 Å². The standard InChI is InChI=1S/C9H10N2O4/c12-7(13)3-5-11-8-6(9(14)15)2-1-4-10-8/h1-2,4H,3,5H2,(H,10,11)(H,12,13)(H,14,15). The maximum Gasteiger partial charge on any atom is 0.339 e. The summed E-state index contributed by atoms with van der Waals surface area (Å²) >= 11 is 0. The van der Waals surface area contributed by atoms with Crippen molar-refractivity contribution in [3.8, 4) is 0 Å². The van der Waals surface area contributed by atoms with Crippen LogP contribution in [0.1, 0.15) is 16.8 Å². The Balaban J connectivity index is 2.67. The van der Waals surface area contributed by atoms with E-state index in [0.29, 0.717) is 0 Å². The van der Waals surface area contributed by atoms with Gasteiger partial charge in [-0.3, -0.25) is 4.79 Å². The normalized spacial score (nSPS) is 9.60. The molecule has 0 spiro atoms. The predicted octanol–water partition coefficient (Wildman–Crippen LogP) is 0.666. The van der Waals surface area contributed by atoms with Crippen molar-refractivity contribution in [2.75, 3.05) is 11.9 Å². The number of anilines is 1. The molecule has 6 nitrogen and oxygen atoms in total. The number of nitrogens with one attached hydrogen (secondary N) is 1. The van der Waals surface area contributed by atoms with Crippen LogP contribution in [0.4, 0.5) is 5.82 Å². The first-order valence-electron chi connectivity index (χ1n) is 4.25. The van der Waals surface area contributed by atoms with Crippen molar-refractivity contribution in [3.05, 3.63) is 23.9 Å². The highest BCUT2D eigenvalue weighted by Crippen LogP contribution is 2.10. The number of aromatic carboxylic acids is 1. The molecule has 1 heterocycles. The van der Waals surface area contributed by atoms with E-state index >= 15 is 0 Å². The molecule has 0 saturated heterocycles. The molecule has 3 N–H and O–H groups in total. The van der Waals surface area contributed by atoms with E-state index in [1.165, 1.54) is 18.3 Å². The Bertz CT molecular complexity index is 378. The van der Waals surface area contributed by atoms with Gasteiger partial charge in [-0.1, -0.05) is 0 Å². The van der Waals surface area contributed by atoms with Crippen LogP contribution in [0.5, 0.6) is 0 Å². The first kappa shape index (κ1) is 11.0. The van der Waals surface area contributed by atoms with Crippen molar-refractivity contribution in [3.63, 3.8) is 0 Å². The summed E-state index contributed by atoms with van der Waals surface area (Å²) in [6.45, 7) is 0.145. The second-order valence-electron chi connectivity index (χ2n) is 2.78. The molecule has 0 aliphatic rings. The van der Waals surface area contributed by atoms with E-state index in [1.54, 1.807) is 0 Å². The molecule has 0 unspecified atom stereocenters.